The number of allylic oxidation sites excluding steroid dienone is 1. The lowest BCUT2D eigenvalue weighted by Gasteiger charge is -2.49. The molecule has 0 aromatic carbocycles. The van der Waals surface area contributed by atoms with Crippen molar-refractivity contribution in [2.24, 2.45) is 0 Å². The van der Waals surface area contributed by atoms with E-state index in [9.17, 15) is 4.57 Å². The summed E-state index contributed by atoms with van der Waals surface area (Å²) in [4.78, 5) is 0. The van der Waals surface area contributed by atoms with Crippen LogP contribution in [0.2, 0.25) is 0 Å². The van der Waals surface area contributed by atoms with Gasteiger partial charge in [-0.15, -0.1) is 6.58 Å². The van der Waals surface area contributed by atoms with E-state index < -0.39 is 7.52 Å². The van der Waals surface area contributed by atoms with Crippen molar-refractivity contribution in [1.82, 2.24) is 4.67 Å². The van der Waals surface area contributed by atoms with Crippen LogP contribution in [-0.4, -0.2) is 29.0 Å². The Morgan fingerprint density at radius 1 is 1.39 bits per heavy atom. The zero-order valence-electron chi connectivity index (χ0n) is 12.3. The second kappa shape index (κ2) is 6.36. The van der Waals surface area contributed by atoms with Gasteiger partial charge >= 0.3 is 0 Å². The Morgan fingerprint density at radius 2 is 1.94 bits per heavy atom. The Bertz CT molecular complexity index is 317. The van der Waals surface area contributed by atoms with Crippen LogP contribution in [0.3, 0.4) is 0 Å². The summed E-state index contributed by atoms with van der Waals surface area (Å²) in [7, 11) is -2.74. The molecule has 0 saturated carbocycles. The standard InChI is InChI=1S/C14H28NO2P/c1-6-12-18(16)15(11-10-13(5)17-18)14(7-2,8-3)9-4/h6,13H,1,7-12H2,2-5H3/t13-,18-/m0/s1. The smallest absolute Gasteiger partial charge is 0.276 e. The molecule has 1 saturated heterocycles. The summed E-state index contributed by atoms with van der Waals surface area (Å²) in [5.41, 5.74) is 0.0126. The van der Waals surface area contributed by atoms with Crippen molar-refractivity contribution >= 4 is 7.52 Å². The largest absolute Gasteiger partial charge is 0.314 e. The van der Waals surface area contributed by atoms with Crippen molar-refractivity contribution in [3.8, 4) is 0 Å². The van der Waals surface area contributed by atoms with Crippen LogP contribution >= 0.6 is 7.52 Å². The lowest BCUT2D eigenvalue weighted by Crippen LogP contribution is -2.49. The second-order valence-electron chi connectivity index (χ2n) is 5.22. The third-order valence-corrected chi connectivity index (χ3v) is 7.11. The molecule has 0 bridgehead atoms. The van der Waals surface area contributed by atoms with Crippen molar-refractivity contribution in [3.63, 3.8) is 0 Å². The van der Waals surface area contributed by atoms with E-state index >= 15 is 0 Å². The lowest BCUT2D eigenvalue weighted by atomic mass is 9.89. The predicted molar refractivity (Wildman–Crippen MR) is 78.1 cm³/mol. The molecule has 0 aliphatic carbocycles. The molecule has 3 nitrogen and oxygen atoms in total. The Morgan fingerprint density at radius 3 is 2.39 bits per heavy atom. The fourth-order valence-electron chi connectivity index (χ4n) is 3.01. The Kier molecular flexibility index (Phi) is 5.64. The molecule has 0 unspecified atom stereocenters. The van der Waals surface area contributed by atoms with E-state index in [-0.39, 0.29) is 11.6 Å². The van der Waals surface area contributed by atoms with Crippen LogP contribution < -0.4 is 0 Å². The number of hydrogen-bond donors (Lipinski definition) is 0. The van der Waals surface area contributed by atoms with Gasteiger partial charge < -0.3 is 4.52 Å². The highest BCUT2D eigenvalue weighted by Gasteiger charge is 2.46. The molecule has 2 atom stereocenters. The van der Waals surface area contributed by atoms with E-state index in [4.69, 9.17) is 4.52 Å². The normalized spacial score (nSPS) is 30.3. The van der Waals surface area contributed by atoms with Crippen LogP contribution in [0.4, 0.5) is 0 Å². The molecule has 4 heteroatoms. The van der Waals surface area contributed by atoms with Crippen LogP contribution in [0.15, 0.2) is 12.7 Å². The van der Waals surface area contributed by atoms with Crippen molar-refractivity contribution in [1.29, 1.82) is 0 Å². The maximum absolute atomic E-state index is 13.1. The quantitative estimate of drug-likeness (QED) is 0.529. The van der Waals surface area contributed by atoms with Crippen molar-refractivity contribution in [3.05, 3.63) is 12.7 Å². The molecule has 0 aromatic rings. The highest BCUT2D eigenvalue weighted by Crippen LogP contribution is 2.59. The average Bonchev–Trinajstić information content (AvgIpc) is 2.34. The van der Waals surface area contributed by atoms with Crippen LogP contribution in [-0.2, 0) is 9.09 Å². The fraction of sp³-hybridized carbons (Fsp3) is 0.857. The summed E-state index contributed by atoms with van der Waals surface area (Å²) < 4.78 is 21.1. The number of rotatable bonds is 6. The molecule has 1 aliphatic rings. The summed E-state index contributed by atoms with van der Waals surface area (Å²) in [5, 5.41) is 0. The van der Waals surface area contributed by atoms with Gasteiger partial charge in [0.2, 0.25) is 0 Å². The minimum atomic E-state index is -2.74. The zero-order valence-corrected chi connectivity index (χ0v) is 13.2. The highest BCUT2D eigenvalue weighted by atomic mass is 31.2. The first kappa shape index (κ1) is 15.9. The zero-order chi connectivity index (χ0) is 13.8. The molecule has 0 amide bonds. The number of hydrogen-bond acceptors (Lipinski definition) is 2. The molecule has 106 valence electrons. The topological polar surface area (TPSA) is 29.5 Å². The van der Waals surface area contributed by atoms with Gasteiger partial charge in [0.05, 0.1) is 12.3 Å². The number of nitrogens with zero attached hydrogens (tertiary/aromatic N) is 1. The predicted octanol–water partition coefficient (Wildman–Crippen LogP) is 4.45. The molecule has 1 fully saturated rings. The minimum Gasteiger partial charge on any atom is -0.314 e. The monoisotopic (exact) mass is 273 g/mol. The van der Waals surface area contributed by atoms with Gasteiger partial charge in [0, 0.05) is 12.1 Å². The molecular weight excluding hydrogens is 245 g/mol. The highest BCUT2D eigenvalue weighted by molar-refractivity contribution is 7.56. The molecule has 0 N–H and O–H groups in total. The maximum Gasteiger partial charge on any atom is 0.276 e. The molecule has 0 radical (unpaired) electrons. The first-order chi connectivity index (χ1) is 8.48. The van der Waals surface area contributed by atoms with Gasteiger partial charge in [-0.05, 0) is 32.6 Å². The van der Waals surface area contributed by atoms with Crippen molar-refractivity contribution in [2.45, 2.75) is 65.0 Å². The van der Waals surface area contributed by atoms with Crippen LogP contribution in [0.5, 0.6) is 0 Å². The van der Waals surface area contributed by atoms with Gasteiger partial charge in [0.15, 0.2) is 0 Å². The molecule has 18 heavy (non-hydrogen) atoms. The minimum absolute atomic E-state index is 0.0126. The van der Waals surface area contributed by atoms with Gasteiger partial charge in [0.25, 0.3) is 7.52 Å². The molecule has 0 aromatic heterocycles. The summed E-state index contributed by atoms with van der Waals surface area (Å²) in [6.45, 7) is 13.2. The van der Waals surface area contributed by atoms with E-state index in [0.717, 1.165) is 32.2 Å². The molecule has 1 rings (SSSR count). The van der Waals surface area contributed by atoms with Crippen LogP contribution in [0.1, 0.15) is 53.4 Å². The van der Waals surface area contributed by atoms with Gasteiger partial charge in [-0.3, -0.25) is 4.57 Å². The molecular formula is C14H28NO2P. The van der Waals surface area contributed by atoms with E-state index in [1.807, 2.05) is 6.92 Å². The molecule has 1 aliphatic heterocycles. The molecule has 0 spiro atoms. The van der Waals surface area contributed by atoms with E-state index in [0.29, 0.717) is 6.16 Å². The van der Waals surface area contributed by atoms with Crippen molar-refractivity contribution in [2.75, 3.05) is 12.7 Å². The fourth-order valence-corrected chi connectivity index (χ4v) is 5.89. The van der Waals surface area contributed by atoms with E-state index in [1.165, 1.54) is 0 Å². The van der Waals surface area contributed by atoms with Gasteiger partial charge in [-0.25, -0.2) is 4.67 Å². The summed E-state index contributed by atoms with van der Waals surface area (Å²) in [6, 6.07) is 0. The summed E-state index contributed by atoms with van der Waals surface area (Å²) >= 11 is 0. The third-order valence-electron chi connectivity index (χ3n) is 4.34. The first-order valence-electron chi connectivity index (χ1n) is 7.14. The average molecular weight is 273 g/mol. The molecule has 1 heterocycles. The van der Waals surface area contributed by atoms with E-state index in [1.54, 1.807) is 6.08 Å². The summed E-state index contributed by atoms with van der Waals surface area (Å²) in [5.74, 6) is 0. The maximum atomic E-state index is 13.1. The Labute approximate surface area is 112 Å². The van der Waals surface area contributed by atoms with Crippen LogP contribution in [0.25, 0.3) is 0 Å². The first-order valence-corrected chi connectivity index (χ1v) is 8.90. The van der Waals surface area contributed by atoms with Gasteiger partial charge in [-0.2, -0.15) is 0 Å². The second-order valence-corrected chi connectivity index (χ2v) is 7.56. The third kappa shape index (κ3) is 2.89. The summed E-state index contributed by atoms with van der Waals surface area (Å²) in [6.07, 6.45) is 6.28. The van der Waals surface area contributed by atoms with E-state index in [2.05, 4.69) is 32.0 Å². The lowest BCUT2D eigenvalue weighted by molar-refractivity contribution is 0.0700. The Hall–Kier alpha value is -0.110. The SMILES string of the molecule is C=CC[P@]1(=O)O[C@@H](C)CCN1C(CC)(CC)CC. The van der Waals surface area contributed by atoms with Gasteiger partial charge in [0.1, 0.15) is 0 Å². The van der Waals surface area contributed by atoms with Gasteiger partial charge in [-0.1, -0.05) is 26.8 Å². The Balaban J connectivity index is 3.09. The van der Waals surface area contributed by atoms with Crippen LogP contribution in [0, 0.1) is 0 Å². The van der Waals surface area contributed by atoms with Crippen molar-refractivity contribution < 1.29 is 9.09 Å².